The van der Waals surface area contributed by atoms with Crippen LogP contribution in [0.15, 0.2) is 0 Å². The molecule has 0 amide bonds. The maximum atomic E-state index is 5.45. The van der Waals surface area contributed by atoms with Crippen LogP contribution in [0.2, 0.25) is 0 Å². The monoisotopic (exact) mass is 227 g/mol. The highest BCUT2D eigenvalue weighted by Gasteiger charge is 1.93. The van der Waals surface area contributed by atoms with Gasteiger partial charge in [0.15, 0.2) is 0 Å². The largest absolute Gasteiger partial charge is 0.330 e. The van der Waals surface area contributed by atoms with E-state index in [9.17, 15) is 0 Å². The lowest BCUT2D eigenvalue weighted by atomic mass is 10.1. The molecule has 0 heterocycles. The van der Waals surface area contributed by atoms with Crippen molar-refractivity contribution in [2.24, 2.45) is 11.5 Å². The molecule has 0 atom stereocenters. The summed E-state index contributed by atoms with van der Waals surface area (Å²) < 4.78 is 0. The first kappa shape index (κ1) is 15.9. The quantitative estimate of drug-likeness (QED) is 0.474. The summed E-state index contributed by atoms with van der Waals surface area (Å²) in [5.41, 5.74) is 10.9. The van der Waals surface area contributed by atoms with Gasteiger partial charge in [-0.3, -0.25) is 0 Å². The number of rotatable bonds is 13. The average molecular weight is 227 g/mol. The molecule has 1 radical (unpaired) electrons. The molecule has 0 rings (SSSR count). The van der Waals surface area contributed by atoms with Gasteiger partial charge in [-0.2, -0.15) is 0 Å². The van der Waals surface area contributed by atoms with Crippen LogP contribution < -0.4 is 11.5 Å². The smallest absolute Gasteiger partial charge is 0.00773 e. The van der Waals surface area contributed by atoms with E-state index in [1.54, 1.807) is 0 Å². The molecule has 16 heavy (non-hydrogen) atoms. The van der Waals surface area contributed by atoms with Crippen molar-refractivity contribution in [1.29, 1.82) is 0 Å². The maximum absolute atomic E-state index is 5.45. The Morgan fingerprint density at radius 2 is 0.875 bits per heavy atom. The second kappa shape index (κ2) is 14.9. The Hall–Kier alpha value is -0.0800. The highest BCUT2D eigenvalue weighted by molar-refractivity contribution is 4.64. The number of hydrogen-bond acceptors (Lipinski definition) is 2. The Bertz CT molecular complexity index is 101. The second-order valence-corrected chi connectivity index (χ2v) is 4.63. The molecule has 0 aromatic heterocycles. The van der Waals surface area contributed by atoms with Crippen molar-refractivity contribution in [2.75, 3.05) is 13.1 Å². The summed E-state index contributed by atoms with van der Waals surface area (Å²) in [6.45, 7) is 1.71. The highest BCUT2D eigenvalue weighted by Crippen LogP contribution is 2.10. The third-order valence-corrected chi connectivity index (χ3v) is 2.97. The highest BCUT2D eigenvalue weighted by atomic mass is 14.5. The van der Waals surface area contributed by atoms with Gasteiger partial charge in [0.2, 0.25) is 0 Å². The van der Waals surface area contributed by atoms with Gasteiger partial charge in [0.05, 0.1) is 0 Å². The standard InChI is InChI=1S/C14H31N2/c15-13-11-9-7-5-3-1-2-4-6-8-10-12-14-16/h3H,1-2,4-16H2. The lowest BCUT2D eigenvalue weighted by Gasteiger charge is -2.02. The first-order chi connectivity index (χ1) is 7.91. The van der Waals surface area contributed by atoms with Crippen LogP contribution in [0.1, 0.15) is 70.6 Å². The Morgan fingerprint density at radius 3 is 1.38 bits per heavy atom. The van der Waals surface area contributed by atoms with Crippen LogP contribution >= 0.6 is 0 Å². The second-order valence-electron chi connectivity index (χ2n) is 4.63. The third-order valence-electron chi connectivity index (χ3n) is 2.97. The van der Waals surface area contributed by atoms with E-state index in [1.165, 1.54) is 70.6 Å². The molecule has 2 nitrogen and oxygen atoms in total. The molecule has 0 saturated heterocycles. The summed E-state index contributed by atoms with van der Waals surface area (Å²) >= 11 is 0. The maximum Gasteiger partial charge on any atom is -0.00773 e. The fourth-order valence-corrected chi connectivity index (χ4v) is 1.89. The normalized spacial score (nSPS) is 10.9. The van der Waals surface area contributed by atoms with Crippen molar-refractivity contribution in [3.63, 3.8) is 0 Å². The summed E-state index contributed by atoms with van der Waals surface area (Å²) in [6.07, 6.45) is 16.9. The molecule has 0 fully saturated rings. The van der Waals surface area contributed by atoms with Gasteiger partial charge in [0.1, 0.15) is 0 Å². The summed E-state index contributed by atoms with van der Waals surface area (Å²) in [6, 6.07) is 0. The van der Waals surface area contributed by atoms with Gasteiger partial charge in [-0.25, -0.2) is 0 Å². The zero-order valence-electron chi connectivity index (χ0n) is 10.9. The minimum Gasteiger partial charge on any atom is -0.330 e. The van der Waals surface area contributed by atoms with Crippen molar-refractivity contribution >= 4 is 0 Å². The summed E-state index contributed by atoms with van der Waals surface area (Å²) in [7, 11) is 0. The van der Waals surface area contributed by atoms with E-state index in [1.807, 2.05) is 0 Å². The van der Waals surface area contributed by atoms with Gasteiger partial charge in [0, 0.05) is 0 Å². The van der Waals surface area contributed by atoms with Gasteiger partial charge in [0.25, 0.3) is 0 Å². The zero-order valence-corrected chi connectivity index (χ0v) is 10.9. The molecule has 0 bridgehead atoms. The van der Waals surface area contributed by atoms with Crippen LogP contribution in [0.25, 0.3) is 0 Å². The van der Waals surface area contributed by atoms with E-state index in [2.05, 4.69) is 6.42 Å². The molecule has 0 aliphatic heterocycles. The molecule has 0 aliphatic rings. The minimum atomic E-state index is 0.850. The summed E-state index contributed by atoms with van der Waals surface area (Å²) in [5.74, 6) is 0. The van der Waals surface area contributed by atoms with E-state index in [4.69, 9.17) is 11.5 Å². The molecule has 4 N–H and O–H groups in total. The van der Waals surface area contributed by atoms with E-state index in [-0.39, 0.29) is 0 Å². The van der Waals surface area contributed by atoms with Gasteiger partial charge in [-0.1, -0.05) is 57.8 Å². The molecule has 0 aromatic carbocycles. The fraction of sp³-hybridized carbons (Fsp3) is 0.929. The average Bonchev–Trinajstić information content (AvgIpc) is 2.31. The number of nitrogens with two attached hydrogens (primary N) is 2. The SMILES string of the molecule is NCCCCC[CH]CCCCCCCCN. The van der Waals surface area contributed by atoms with E-state index < -0.39 is 0 Å². The molecule has 0 unspecified atom stereocenters. The van der Waals surface area contributed by atoms with E-state index in [0.29, 0.717) is 0 Å². The van der Waals surface area contributed by atoms with Crippen LogP contribution in [0.5, 0.6) is 0 Å². The topological polar surface area (TPSA) is 52.0 Å². The summed E-state index contributed by atoms with van der Waals surface area (Å²) in [5, 5.41) is 0. The first-order valence-corrected chi connectivity index (χ1v) is 7.13. The van der Waals surface area contributed by atoms with Gasteiger partial charge < -0.3 is 11.5 Å². The Balaban J connectivity index is 2.83. The molecular weight excluding hydrogens is 196 g/mol. The zero-order chi connectivity index (χ0) is 11.9. The van der Waals surface area contributed by atoms with Crippen LogP contribution in [-0.2, 0) is 0 Å². The number of hydrogen-bond donors (Lipinski definition) is 2. The van der Waals surface area contributed by atoms with E-state index in [0.717, 1.165) is 13.1 Å². The predicted molar refractivity (Wildman–Crippen MR) is 73.2 cm³/mol. The molecule has 97 valence electrons. The lowest BCUT2D eigenvalue weighted by Crippen LogP contribution is -1.97. The van der Waals surface area contributed by atoms with Crippen molar-refractivity contribution in [3.05, 3.63) is 6.42 Å². The van der Waals surface area contributed by atoms with Crippen molar-refractivity contribution < 1.29 is 0 Å². The Morgan fingerprint density at radius 1 is 0.500 bits per heavy atom. The van der Waals surface area contributed by atoms with Crippen LogP contribution in [0, 0.1) is 6.42 Å². The summed E-state index contributed by atoms with van der Waals surface area (Å²) in [4.78, 5) is 0. The van der Waals surface area contributed by atoms with Crippen molar-refractivity contribution in [2.45, 2.75) is 70.6 Å². The molecule has 2 heteroatoms. The van der Waals surface area contributed by atoms with Gasteiger partial charge in [-0.05, 0) is 32.4 Å². The minimum absolute atomic E-state index is 0.850. The van der Waals surface area contributed by atoms with E-state index >= 15 is 0 Å². The van der Waals surface area contributed by atoms with Gasteiger partial charge >= 0.3 is 0 Å². The fourth-order valence-electron chi connectivity index (χ4n) is 1.89. The molecule has 0 saturated carbocycles. The number of unbranched alkanes of at least 4 members (excludes halogenated alkanes) is 11. The van der Waals surface area contributed by atoms with Crippen LogP contribution in [0.4, 0.5) is 0 Å². The Labute approximate surface area is 102 Å². The molecular formula is C14H31N2. The molecule has 0 spiro atoms. The molecule has 0 aromatic rings. The lowest BCUT2D eigenvalue weighted by molar-refractivity contribution is 0.586. The van der Waals surface area contributed by atoms with Gasteiger partial charge in [-0.15, -0.1) is 0 Å². The first-order valence-electron chi connectivity index (χ1n) is 7.13. The predicted octanol–water partition coefficient (Wildman–Crippen LogP) is 3.40. The van der Waals surface area contributed by atoms with Crippen molar-refractivity contribution in [1.82, 2.24) is 0 Å². The van der Waals surface area contributed by atoms with Crippen LogP contribution in [-0.4, -0.2) is 13.1 Å². The Kier molecular flexibility index (Phi) is 14.8. The third kappa shape index (κ3) is 13.9. The molecule has 0 aliphatic carbocycles. The van der Waals surface area contributed by atoms with Crippen molar-refractivity contribution in [3.8, 4) is 0 Å². The van der Waals surface area contributed by atoms with Crippen LogP contribution in [0.3, 0.4) is 0 Å².